The number of aryl methyl sites for hydroxylation is 1. The molecule has 4 aliphatic rings. The van der Waals surface area contributed by atoms with Crippen LogP contribution in [0.3, 0.4) is 0 Å². The van der Waals surface area contributed by atoms with Crippen molar-refractivity contribution in [2.45, 2.75) is 70.1 Å². The number of rotatable bonds is 5. The van der Waals surface area contributed by atoms with E-state index in [0.29, 0.717) is 24.8 Å². The first-order valence-electron chi connectivity index (χ1n) is 8.81. The molecule has 6 nitrogen and oxygen atoms in total. The van der Waals surface area contributed by atoms with Crippen LogP contribution in [0.15, 0.2) is 12.7 Å². The number of carbonyl (C=O) groups is 1. The maximum atomic E-state index is 12.3. The molecule has 1 aromatic heterocycles. The van der Waals surface area contributed by atoms with Crippen LogP contribution in [-0.2, 0) is 11.3 Å². The quantitative estimate of drug-likeness (QED) is 0.862. The Hall–Kier alpha value is -1.43. The van der Waals surface area contributed by atoms with Crippen molar-refractivity contribution < 1.29 is 9.90 Å². The highest BCUT2D eigenvalue weighted by Gasteiger charge is 2.58. The van der Waals surface area contributed by atoms with Gasteiger partial charge >= 0.3 is 0 Å². The summed E-state index contributed by atoms with van der Waals surface area (Å²) in [5.41, 5.74) is -0.369. The Labute approximate surface area is 136 Å². The lowest BCUT2D eigenvalue weighted by Gasteiger charge is -2.62. The molecule has 0 saturated heterocycles. The molecule has 4 saturated carbocycles. The third-order valence-electron chi connectivity index (χ3n) is 6.41. The van der Waals surface area contributed by atoms with Gasteiger partial charge in [-0.05, 0) is 62.7 Å². The van der Waals surface area contributed by atoms with Crippen molar-refractivity contribution in [3.05, 3.63) is 12.7 Å². The summed E-state index contributed by atoms with van der Waals surface area (Å²) in [6.45, 7) is 2.69. The summed E-state index contributed by atoms with van der Waals surface area (Å²) >= 11 is 0. The van der Waals surface area contributed by atoms with Gasteiger partial charge in [0.05, 0.1) is 12.1 Å². The van der Waals surface area contributed by atoms with Crippen LogP contribution in [0.25, 0.3) is 0 Å². The summed E-state index contributed by atoms with van der Waals surface area (Å²) in [4.78, 5) is 16.2. The van der Waals surface area contributed by atoms with Gasteiger partial charge in [0, 0.05) is 12.5 Å². The molecule has 0 radical (unpaired) electrons. The Balaban J connectivity index is 1.38. The number of hydrogen-bond donors (Lipinski definition) is 2. The molecule has 4 bridgehead atoms. The van der Waals surface area contributed by atoms with E-state index in [-0.39, 0.29) is 17.4 Å². The third kappa shape index (κ3) is 2.77. The molecule has 23 heavy (non-hydrogen) atoms. The fourth-order valence-electron chi connectivity index (χ4n) is 5.82. The second kappa shape index (κ2) is 5.30. The van der Waals surface area contributed by atoms with Crippen LogP contribution in [0.4, 0.5) is 0 Å². The molecule has 1 aromatic rings. The summed E-state index contributed by atoms with van der Waals surface area (Å²) in [6, 6.07) is 0.128. The molecule has 5 rings (SSSR count). The molecule has 0 aromatic carbocycles. The molecule has 4 aliphatic carbocycles. The van der Waals surface area contributed by atoms with Gasteiger partial charge < -0.3 is 10.4 Å². The lowest BCUT2D eigenvalue weighted by molar-refractivity contribution is -0.173. The zero-order valence-electron chi connectivity index (χ0n) is 13.7. The maximum absolute atomic E-state index is 12.3. The number of nitrogens with one attached hydrogen (secondary N) is 1. The highest BCUT2D eigenvalue weighted by molar-refractivity contribution is 5.76. The summed E-state index contributed by atoms with van der Waals surface area (Å²) in [7, 11) is 0. The number of carbonyl (C=O) groups excluding carboxylic acids is 1. The van der Waals surface area contributed by atoms with Crippen LogP contribution in [0.5, 0.6) is 0 Å². The Morgan fingerprint density at radius 1 is 1.39 bits per heavy atom. The highest BCUT2D eigenvalue weighted by atomic mass is 16.3. The highest BCUT2D eigenvalue weighted by Crippen LogP contribution is 2.62. The minimum Gasteiger partial charge on any atom is -0.390 e. The van der Waals surface area contributed by atoms with Crippen LogP contribution in [-0.4, -0.2) is 37.4 Å². The summed E-state index contributed by atoms with van der Waals surface area (Å²) < 4.78 is 1.68. The first-order valence-corrected chi connectivity index (χ1v) is 8.81. The van der Waals surface area contributed by atoms with Crippen molar-refractivity contribution in [3.8, 4) is 0 Å². The third-order valence-corrected chi connectivity index (χ3v) is 6.41. The zero-order chi connectivity index (χ0) is 16.1. The van der Waals surface area contributed by atoms with E-state index in [4.69, 9.17) is 0 Å². The van der Waals surface area contributed by atoms with E-state index in [2.05, 4.69) is 22.3 Å². The minimum atomic E-state index is -0.468. The van der Waals surface area contributed by atoms with Crippen molar-refractivity contribution in [2.24, 2.45) is 17.3 Å². The van der Waals surface area contributed by atoms with Crippen molar-refractivity contribution in [2.75, 3.05) is 0 Å². The molecule has 0 aliphatic heterocycles. The molecular formula is C17H26N4O2. The van der Waals surface area contributed by atoms with E-state index in [1.807, 2.05) is 0 Å². The number of nitrogens with zero attached hydrogens (tertiary/aromatic N) is 3. The lowest BCUT2D eigenvalue weighted by Crippen LogP contribution is -2.61. The largest absolute Gasteiger partial charge is 0.390 e. The van der Waals surface area contributed by atoms with Crippen LogP contribution in [0.1, 0.15) is 51.9 Å². The lowest BCUT2D eigenvalue weighted by atomic mass is 9.46. The van der Waals surface area contributed by atoms with Gasteiger partial charge in [0.25, 0.3) is 0 Å². The molecule has 0 spiro atoms. The van der Waals surface area contributed by atoms with E-state index in [1.54, 1.807) is 11.0 Å². The molecule has 3 unspecified atom stereocenters. The molecule has 3 atom stereocenters. The standard InChI is InChI=1S/C17H26N4O2/c1-12(20-15(22)2-3-21-11-18-10-19-21)16-5-13-4-14(6-16)8-17(23,7-13)9-16/h10-14,23H,2-9H2,1H3,(H,20,22). The summed E-state index contributed by atoms with van der Waals surface area (Å²) in [5, 5.41) is 18.1. The van der Waals surface area contributed by atoms with E-state index in [0.717, 1.165) is 32.1 Å². The van der Waals surface area contributed by atoms with Crippen LogP contribution >= 0.6 is 0 Å². The molecular weight excluding hydrogens is 292 g/mol. The van der Waals surface area contributed by atoms with Crippen LogP contribution in [0, 0.1) is 17.3 Å². The number of aromatic nitrogens is 3. The van der Waals surface area contributed by atoms with Gasteiger partial charge in [-0.2, -0.15) is 5.10 Å². The van der Waals surface area contributed by atoms with Gasteiger partial charge in [-0.25, -0.2) is 4.98 Å². The maximum Gasteiger partial charge on any atom is 0.222 e. The number of hydrogen-bond acceptors (Lipinski definition) is 4. The van der Waals surface area contributed by atoms with Gasteiger partial charge in [-0.15, -0.1) is 0 Å². The first kappa shape index (κ1) is 15.1. The predicted molar refractivity (Wildman–Crippen MR) is 84.3 cm³/mol. The molecule has 1 amide bonds. The van der Waals surface area contributed by atoms with E-state index in [9.17, 15) is 9.90 Å². The SMILES string of the molecule is CC(NC(=O)CCn1cncn1)C12CC3CC(CC(O)(C3)C1)C2. The second-order valence-corrected chi connectivity index (χ2v) is 8.25. The fraction of sp³-hybridized carbons (Fsp3) is 0.824. The number of aliphatic hydroxyl groups is 1. The van der Waals surface area contributed by atoms with Crippen LogP contribution < -0.4 is 5.32 Å². The Kier molecular flexibility index (Phi) is 3.48. The average Bonchev–Trinajstić information content (AvgIpc) is 2.95. The van der Waals surface area contributed by atoms with Crippen molar-refractivity contribution in [1.82, 2.24) is 20.1 Å². The molecule has 4 fully saturated rings. The Morgan fingerprint density at radius 3 is 2.74 bits per heavy atom. The normalized spacial score (nSPS) is 39.4. The molecule has 126 valence electrons. The monoisotopic (exact) mass is 318 g/mol. The van der Waals surface area contributed by atoms with E-state index in [1.165, 1.54) is 12.7 Å². The van der Waals surface area contributed by atoms with Gasteiger partial charge in [-0.3, -0.25) is 9.48 Å². The summed E-state index contributed by atoms with van der Waals surface area (Å²) in [6.07, 6.45) is 9.93. The Morgan fingerprint density at radius 2 is 2.13 bits per heavy atom. The molecule has 1 heterocycles. The second-order valence-electron chi connectivity index (χ2n) is 8.25. The first-order chi connectivity index (χ1) is 11.0. The Bertz CT molecular complexity index is 571. The van der Waals surface area contributed by atoms with E-state index < -0.39 is 5.60 Å². The zero-order valence-corrected chi connectivity index (χ0v) is 13.7. The average molecular weight is 318 g/mol. The van der Waals surface area contributed by atoms with Crippen LogP contribution in [0.2, 0.25) is 0 Å². The fourth-order valence-corrected chi connectivity index (χ4v) is 5.82. The topological polar surface area (TPSA) is 80.0 Å². The molecule has 2 N–H and O–H groups in total. The smallest absolute Gasteiger partial charge is 0.222 e. The molecule has 6 heteroatoms. The van der Waals surface area contributed by atoms with Gasteiger partial charge in [0.1, 0.15) is 12.7 Å². The number of amides is 1. The van der Waals surface area contributed by atoms with Crippen molar-refractivity contribution >= 4 is 5.91 Å². The van der Waals surface area contributed by atoms with Gasteiger partial charge in [0.15, 0.2) is 0 Å². The minimum absolute atomic E-state index is 0.0655. The van der Waals surface area contributed by atoms with Gasteiger partial charge in [0.2, 0.25) is 5.91 Å². The van der Waals surface area contributed by atoms with Crippen molar-refractivity contribution in [1.29, 1.82) is 0 Å². The predicted octanol–water partition coefficient (Wildman–Crippen LogP) is 1.50. The van der Waals surface area contributed by atoms with E-state index >= 15 is 0 Å². The van der Waals surface area contributed by atoms with Gasteiger partial charge in [-0.1, -0.05) is 0 Å². The summed E-state index contributed by atoms with van der Waals surface area (Å²) in [5.74, 6) is 1.36. The van der Waals surface area contributed by atoms with Crippen molar-refractivity contribution in [3.63, 3.8) is 0 Å².